The average molecular weight is 2050 g/mol. The van der Waals surface area contributed by atoms with Gasteiger partial charge < -0.3 is 128 Å². The molecule has 6 heterocycles. The predicted molar refractivity (Wildman–Crippen MR) is 551 cm³/mol. The summed E-state index contributed by atoms with van der Waals surface area (Å²) in [6, 6.07) is 19.1. The number of amides is 5. The minimum Gasteiger partial charge on any atom is -0.870 e. The maximum Gasteiger partial charge on any atom is 1.00 e. The third kappa shape index (κ3) is 31.8. The number of hydrogen-bond donors (Lipinski definition) is 6. The number of carbonyl (C=O) groups is 7. The Labute approximate surface area is 868 Å². The second kappa shape index (κ2) is 54.7. The number of aromatic nitrogens is 3. The Hall–Kier alpha value is -12.0. The molecule has 0 aliphatic carbocycles. The number of aliphatic hydroxyl groups excluding tert-OH is 1. The molecule has 12 rings (SSSR count). The van der Waals surface area contributed by atoms with Gasteiger partial charge in [-0.3, -0.25) is 39.2 Å². The quantitative estimate of drug-likeness (QED) is 0.0115. The van der Waals surface area contributed by atoms with Crippen LogP contribution in [0.25, 0.3) is 32.3 Å². The summed E-state index contributed by atoms with van der Waals surface area (Å²) in [5.74, 6) is 4.18. The van der Waals surface area contributed by atoms with Gasteiger partial charge >= 0.3 is 49.1 Å². The van der Waals surface area contributed by atoms with E-state index in [1.54, 1.807) is 205 Å². The maximum atomic E-state index is 13.8. The smallest absolute Gasteiger partial charge is 0.870 e. The number of nitrogen functional groups attached to an aromatic ring is 1. The molecule has 4 atom stereocenters. The monoisotopic (exact) mass is 2050 g/mol. The fourth-order valence-corrected chi connectivity index (χ4v) is 15.3. The minimum atomic E-state index is -1.10. The molecule has 3 aliphatic heterocycles. The third-order valence-electron chi connectivity index (χ3n) is 21.6. The van der Waals surface area contributed by atoms with Crippen molar-refractivity contribution in [2.24, 2.45) is 5.73 Å². The van der Waals surface area contributed by atoms with E-state index in [9.17, 15) is 38.7 Å². The van der Waals surface area contributed by atoms with Gasteiger partial charge in [-0.05, 0) is 248 Å². The summed E-state index contributed by atoms with van der Waals surface area (Å²) in [6.45, 7) is 32.6. The number of carboxylic acids is 1. The fourth-order valence-electron chi connectivity index (χ4n) is 15.3. The number of benzene rings is 6. The van der Waals surface area contributed by atoms with E-state index in [4.69, 9.17) is 102 Å². The van der Waals surface area contributed by atoms with Gasteiger partial charge in [-0.25, -0.2) is 24.0 Å². The summed E-state index contributed by atoms with van der Waals surface area (Å²) in [4.78, 5) is 103. The number of fused-ring (bicyclic) bond motifs is 3. The topological polar surface area (TPSA) is 490 Å². The molecule has 0 bridgehead atoms. The number of esters is 1. The number of anilines is 3. The molecule has 43 heteroatoms. The van der Waals surface area contributed by atoms with Crippen LogP contribution in [0.2, 0.25) is 0 Å². The fraction of sp³-hybridized carbons (Fsp3) is 0.480. The van der Waals surface area contributed by atoms with Crippen LogP contribution in [0, 0.1) is 0 Å². The number of methoxy groups -OCH3 is 10. The Balaban J connectivity index is 0.000000474. The number of nitrogens with two attached hydrogens (primary N) is 2. The Morgan fingerprint density at radius 1 is 0.427 bits per heavy atom. The van der Waals surface area contributed by atoms with Crippen molar-refractivity contribution in [3.05, 3.63) is 143 Å². The molecular weight excluding hydrogens is 1910 g/mol. The van der Waals surface area contributed by atoms with Crippen molar-refractivity contribution < 1.29 is 158 Å². The molecule has 0 radical (unpaired) electrons. The number of carbonyl (C=O) groups excluding carboxylic acids is 6. The summed E-state index contributed by atoms with van der Waals surface area (Å²) < 4.78 is 104. The number of nitrogens with zero attached hydrogens (tertiary/aromatic N) is 6. The molecule has 143 heavy (non-hydrogen) atoms. The molecule has 39 nitrogen and oxygen atoms in total. The van der Waals surface area contributed by atoms with Crippen molar-refractivity contribution in [2.75, 3.05) is 134 Å². The molecule has 6 aromatic carbocycles. The third-order valence-corrected chi connectivity index (χ3v) is 21.6. The van der Waals surface area contributed by atoms with Crippen LogP contribution in [0.15, 0.2) is 110 Å². The van der Waals surface area contributed by atoms with E-state index in [2.05, 4.69) is 30.3 Å². The number of aliphatic carboxylic acids is 1. The van der Waals surface area contributed by atoms with Crippen molar-refractivity contribution in [3.8, 4) is 69.0 Å². The van der Waals surface area contributed by atoms with Gasteiger partial charge in [-0.2, -0.15) is 40.5 Å². The molecule has 3 aromatic heterocycles. The summed E-state index contributed by atoms with van der Waals surface area (Å²) >= 11 is 0. The van der Waals surface area contributed by atoms with Crippen LogP contribution in [0.5, 0.6) is 69.0 Å². The molecule has 0 unspecified atom stereocenters. The zero-order valence-corrected chi connectivity index (χ0v) is 90.1. The van der Waals surface area contributed by atoms with Crippen LogP contribution < -0.4 is 97.8 Å². The number of ether oxygens (including phenoxy) is 19. The molecule has 0 saturated carbocycles. The van der Waals surface area contributed by atoms with Crippen LogP contribution in [-0.2, 0) is 71.6 Å². The van der Waals surface area contributed by atoms with Gasteiger partial charge in [0.25, 0.3) is 0 Å². The Morgan fingerprint density at radius 2 is 0.713 bits per heavy atom. The number of nitrogens with one attached hydrogen (secondary N) is 2. The molecule has 5 amide bonds. The molecule has 0 spiro atoms. The number of rotatable bonds is 28. The van der Waals surface area contributed by atoms with Gasteiger partial charge in [-0.15, -0.1) is 0 Å². The van der Waals surface area contributed by atoms with E-state index in [1.165, 1.54) is 16.9 Å². The second-order valence-electron chi connectivity index (χ2n) is 36.0. The zero-order valence-electron chi connectivity index (χ0n) is 87.1. The molecule has 3 fully saturated rings. The largest absolute Gasteiger partial charge is 1.00 e. The standard InChI is InChI=1S/C32H41N3O8.C24H29N3O6.C21H24N2O4.C12H21NO5.C11H19NO5.Li.H2O.3H2S/c1-10-41-24-12-11-21-20(13-19-14-25(38-7)28(40-9)26(15-19)39-8)16-33-17-22(21)27(24)34-29(36)23-18-42-32(5,6)35(23)30(37)43-31(2,3)4;1-5-33-19-7-6-16-15(8-14-9-20(30-2)23(32-4)21(10-14)31-3)11-26-12-17(16)22(19)27-24(29)18(25)13-28;1-5-27-17-7-6-15-14(11-23-12-16(15)20(17)22)8-13-9-18(24-2)21(26-4)19(10-13)25-3;1-11(2,3)18-10(15)13-8(9(14)16-6)7-17-12(13,4)5;1-10(2,3)17-9(15)12-7(8(13)14)6-16-11(12,4)5;;;;;/h11-12,14-17,23H,10,13,18H2,1-9H3,(H,34,36);6-7,9-12,18,28H,5,8,13,25H2,1-4H3,(H,27,29);6-7,9-12H,5,8,22H2,1-4H3;8H,7H2,1-6H3;7H,6H2,1-5H3,(H,13,14);;4*1H2/q;;;;;+1;;;;/p-1/t23-;18-;;8-;7-;;;;;/m00.00...../s1. The predicted octanol–water partition coefficient (Wildman–Crippen LogP) is 12.0. The average Bonchev–Trinajstić information content (AvgIpc) is 1.74. The number of aliphatic hydroxyl groups is 1. The van der Waals surface area contributed by atoms with E-state index in [1.807, 2.05) is 93.7 Å². The van der Waals surface area contributed by atoms with Crippen LogP contribution in [0.1, 0.15) is 158 Å². The van der Waals surface area contributed by atoms with Crippen LogP contribution in [0.4, 0.5) is 31.4 Å². The van der Waals surface area contributed by atoms with Gasteiger partial charge in [0.15, 0.2) is 46.6 Å². The molecule has 9 N–H and O–H groups in total. The normalized spacial score (nSPS) is 15.2. The van der Waals surface area contributed by atoms with E-state index >= 15 is 0 Å². The van der Waals surface area contributed by atoms with Gasteiger partial charge in [0, 0.05) is 53.3 Å². The Kier molecular flexibility index (Phi) is 47.9. The molecular formula is C100H141LiN10O29S3. The van der Waals surface area contributed by atoms with Gasteiger partial charge in [-0.1, -0.05) is 18.2 Å². The van der Waals surface area contributed by atoms with Crippen molar-refractivity contribution >= 4 is 132 Å². The maximum absolute atomic E-state index is 13.8. The van der Waals surface area contributed by atoms with Crippen molar-refractivity contribution in [1.29, 1.82) is 0 Å². The van der Waals surface area contributed by atoms with E-state index in [0.717, 1.165) is 59.8 Å². The van der Waals surface area contributed by atoms with E-state index in [-0.39, 0.29) is 84.6 Å². The Bertz CT molecular complexity index is 5730. The SMILES string of the molecule is CC(C)(C)OC(=O)N1[C@H](C(=O)O)COC1(C)C.CCOc1ccc2c(Cc3cc(OC)c(OC)c(OC)c3)cncc2c1N.CCOc1ccc2c(Cc3cc(OC)c(OC)c(OC)c3)cncc2c1NC(=O)[C@@H](N)CO.CCOc1ccc2c(Cc3cc(OC)c(OC)c(OC)c3)cncc2c1NC(=O)[C@@H]1COC(C)(C)N1C(=O)OC(C)(C)C.COC(=O)[C@@H]1COC(C)(C)N1C(=O)OC(C)(C)C.S.S.S.[Li+].[OH-]. The van der Waals surface area contributed by atoms with Crippen LogP contribution >= 0.6 is 40.5 Å². The van der Waals surface area contributed by atoms with Gasteiger partial charge in [0.1, 0.15) is 63.3 Å². The first-order valence-electron chi connectivity index (χ1n) is 44.5. The van der Waals surface area contributed by atoms with E-state index in [0.29, 0.717) is 136 Å². The molecule has 9 aromatic rings. The first kappa shape index (κ1) is 125. The Morgan fingerprint density at radius 3 is 1.01 bits per heavy atom. The first-order chi connectivity index (χ1) is 65.0. The number of pyridine rings is 3. The van der Waals surface area contributed by atoms with Crippen LogP contribution in [0.3, 0.4) is 0 Å². The zero-order chi connectivity index (χ0) is 102. The van der Waals surface area contributed by atoms with Crippen LogP contribution in [-0.4, -0.2) is 263 Å². The molecule has 784 valence electrons. The minimum absolute atomic E-state index is 0. The van der Waals surface area contributed by atoms with Crippen molar-refractivity contribution in [1.82, 2.24) is 29.7 Å². The summed E-state index contributed by atoms with van der Waals surface area (Å²) in [5.41, 5.74) is 14.3. The summed E-state index contributed by atoms with van der Waals surface area (Å²) in [5, 5.41) is 29.1. The molecule has 3 aliphatic rings. The number of hydrogen-bond acceptors (Lipinski definition) is 33. The summed E-state index contributed by atoms with van der Waals surface area (Å²) in [7, 11) is 15.5. The van der Waals surface area contributed by atoms with Gasteiger partial charge in [0.05, 0.1) is 134 Å². The second-order valence-corrected chi connectivity index (χ2v) is 36.0. The van der Waals surface area contributed by atoms with Gasteiger partial charge in [0.2, 0.25) is 29.1 Å². The molecule has 3 saturated heterocycles. The summed E-state index contributed by atoms with van der Waals surface area (Å²) in [6.07, 6.45) is 10.3. The first-order valence-corrected chi connectivity index (χ1v) is 44.5. The van der Waals surface area contributed by atoms with E-state index < -0.39 is 107 Å². The number of carboxylic acid groups (broad SMARTS) is 1. The van der Waals surface area contributed by atoms with Crippen molar-refractivity contribution in [2.45, 2.75) is 202 Å². The van der Waals surface area contributed by atoms with Crippen molar-refractivity contribution in [3.63, 3.8) is 0 Å².